The van der Waals surface area contributed by atoms with Crippen molar-refractivity contribution in [3.8, 4) is 5.75 Å². The highest BCUT2D eigenvalue weighted by atomic mass is 16.5. The van der Waals surface area contributed by atoms with Gasteiger partial charge in [0.25, 0.3) is 0 Å². The predicted octanol–water partition coefficient (Wildman–Crippen LogP) is 1.80. The monoisotopic (exact) mass is 401 g/mol. The second kappa shape index (κ2) is 9.84. The molecule has 1 aromatic carbocycles. The zero-order valence-electron chi connectivity index (χ0n) is 17.7. The van der Waals surface area contributed by atoms with Gasteiger partial charge < -0.3 is 19.4 Å². The van der Waals surface area contributed by atoms with Crippen molar-refractivity contribution in [3.63, 3.8) is 0 Å². The second-order valence-corrected chi connectivity index (χ2v) is 7.72. The van der Waals surface area contributed by atoms with Crippen LogP contribution in [0.25, 0.3) is 0 Å². The van der Waals surface area contributed by atoms with Gasteiger partial charge in [0.1, 0.15) is 18.2 Å². The largest absolute Gasteiger partial charge is 0.497 e. The molecule has 0 fully saturated rings. The van der Waals surface area contributed by atoms with E-state index in [9.17, 15) is 4.79 Å². The Labute approximate surface area is 172 Å². The van der Waals surface area contributed by atoms with Crippen LogP contribution < -0.4 is 10.1 Å². The molecule has 1 amide bonds. The lowest BCUT2D eigenvalue weighted by molar-refractivity contribution is -0.125. The lowest BCUT2D eigenvalue weighted by Crippen LogP contribution is -2.36. The van der Waals surface area contributed by atoms with Gasteiger partial charge in [-0.05, 0) is 23.6 Å². The van der Waals surface area contributed by atoms with Crippen molar-refractivity contribution in [1.29, 1.82) is 0 Å². The summed E-state index contributed by atoms with van der Waals surface area (Å²) in [5.41, 5.74) is 1.26. The summed E-state index contributed by atoms with van der Waals surface area (Å²) < 4.78 is 12.4. The molecule has 1 N–H and O–H groups in total. The van der Waals surface area contributed by atoms with Crippen LogP contribution in [-0.4, -0.2) is 59.5 Å². The molecule has 0 saturated heterocycles. The van der Waals surface area contributed by atoms with Gasteiger partial charge in [-0.2, -0.15) is 0 Å². The lowest BCUT2D eigenvalue weighted by Gasteiger charge is -2.23. The Morgan fingerprint density at radius 3 is 2.55 bits per heavy atom. The first-order valence-electron chi connectivity index (χ1n) is 10.1. The zero-order valence-corrected chi connectivity index (χ0v) is 17.7. The molecule has 1 aromatic heterocycles. The van der Waals surface area contributed by atoms with Crippen LogP contribution in [0.15, 0.2) is 24.3 Å². The van der Waals surface area contributed by atoms with Crippen molar-refractivity contribution >= 4 is 5.91 Å². The Morgan fingerprint density at radius 1 is 1.14 bits per heavy atom. The summed E-state index contributed by atoms with van der Waals surface area (Å²) in [7, 11) is 3.20. The summed E-state index contributed by atoms with van der Waals surface area (Å²) in [5, 5.41) is 11.9. The van der Waals surface area contributed by atoms with Crippen LogP contribution in [0.5, 0.6) is 5.75 Å². The number of aromatic nitrogens is 3. The molecule has 0 radical (unpaired) electrons. The number of hydrogen-bond donors (Lipinski definition) is 1. The number of hydrogen-bond acceptors (Lipinski definition) is 6. The van der Waals surface area contributed by atoms with E-state index in [1.807, 2.05) is 12.1 Å². The van der Waals surface area contributed by atoms with Gasteiger partial charge in [-0.25, -0.2) is 0 Å². The van der Waals surface area contributed by atoms with Gasteiger partial charge in [-0.3, -0.25) is 9.69 Å². The maximum absolute atomic E-state index is 12.1. The van der Waals surface area contributed by atoms with E-state index in [2.05, 4.69) is 51.0 Å². The summed E-state index contributed by atoms with van der Waals surface area (Å²) in [4.78, 5) is 14.5. The van der Waals surface area contributed by atoms with E-state index in [1.165, 1.54) is 12.7 Å². The molecule has 8 nitrogen and oxygen atoms in total. The van der Waals surface area contributed by atoms with Crippen molar-refractivity contribution in [2.75, 3.05) is 33.9 Å². The number of ether oxygens (including phenoxy) is 2. The molecule has 1 atom stereocenters. The standard InChI is InChI=1S/C21H31N5O3/c1-15(2)20(22-19(27)14-28-3)21-24-23-18-9-10-25(11-12-26(18)21)13-16-5-7-17(29-4)8-6-16/h5-8,15,20H,9-14H2,1-4H3,(H,22,27). The van der Waals surface area contributed by atoms with Crippen molar-refractivity contribution < 1.29 is 14.3 Å². The highest BCUT2D eigenvalue weighted by molar-refractivity contribution is 5.77. The Hall–Kier alpha value is -2.45. The number of carbonyl (C=O) groups is 1. The van der Waals surface area contributed by atoms with Gasteiger partial charge in [0.15, 0.2) is 5.82 Å². The third kappa shape index (κ3) is 5.33. The number of carbonyl (C=O) groups excluding carboxylic acids is 1. The van der Waals surface area contributed by atoms with Crippen LogP contribution in [0.3, 0.4) is 0 Å². The molecule has 2 heterocycles. The Morgan fingerprint density at radius 2 is 1.90 bits per heavy atom. The lowest BCUT2D eigenvalue weighted by atomic mass is 10.0. The molecule has 8 heteroatoms. The average Bonchev–Trinajstić information content (AvgIpc) is 3.00. The topological polar surface area (TPSA) is 81.5 Å². The fraction of sp³-hybridized carbons (Fsp3) is 0.571. The molecule has 29 heavy (non-hydrogen) atoms. The van der Waals surface area contributed by atoms with Gasteiger partial charge in [0, 0.05) is 39.7 Å². The van der Waals surface area contributed by atoms with Gasteiger partial charge in [0.05, 0.1) is 13.2 Å². The minimum Gasteiger partial charge on any atom is -0.497 e. The van der Waals surface area contributed by atoms with E-state index in [1.54, 1.807) is 7.11 Å². The summed E-state index contributed by atoms with van der Waals surface area (Å²) in [5.74, 6) is 2.73. The highest BCUT2D eigenvalue weighted by Crippen LogP contribution is 2.23. The van der Waals surface area contributed by atoms with Gasteiger partial charge in [0.2, 0.25) is 5.91 Å². The molecular weight excluding hydrogens is 370 g/mol. The third-order valence-corrected chi connectivity index (χ3v) is 5.25. The smallest absolute Gasteiger partial charge is 0.246 e. The van der Waals surface area contributed by atoms with Crippen molar-refractivity contribution in [1.82, 2.24) is 25.0 Å². The van der Waals surface area contributed by atoms with Gasteiger partial charge >= 0.3 is 0 Å². The average molecular weight is 402 g/mol. The predicted molar refractivity (Wildman–Crippen MR) is 110 cm³/mol. The van der Waals surface area contributed by atoms with Crippen molar-refractivity contribution in [3.05, 3.63) is 41.5 Å². The van der Waals surface area contributed by atoms with E-state index in [0.717, 1.165) is 50.0 Å². The summed E-state index contributed by atoms with van der Waals surface area (Å²) in [6, 6.07) is 8.02. The third-order valence-electron chi connectivity index (χ3n) is 5.25. The number of benzene rings is 1. The molecule has 0 aliphatic carbocycles. The van der Waals surface area contributed by atoms with Crippen LogP contribution in [-0.2, 0) is 29.0 Å². The number of nitrogens with one attached hydrogen (secondary N) is 1. The zero-order chi connectivity index (χ0) is 20.8. The number of amides is 1. The minimum absolute atomic E-state index is 0.0415. The number of fused-ring (bicyclic) bond motifs is 1. The van der Waals surface area contributed by atoms with E-state index >= 15 is 0 Å². The van der Waals surface area contributed by atoms with E-state index in [0.29, 0.717) is 0 Å². The Balaban J connectivity index is 1.69. The SMILES string of the molecule is COCC(=O)NC(c1nnc2n1CCN(Cc1ccc(OC)cc1)CC2)C(C)C. The summed E-state index contributed by atoms with van der Waals surface area (Å²) >= 11 is 0. The fourth-order valence-electron chi connectivity index (χ4n) is 3.64. The number of nitrogens with zero attached hydrogens (tertiary/aromatic N) is 4. The van der Waals surface area contributed by atoms with E-state index < -0.39 is 0 Å². The molecule has 1 aliphatic rings. The Bertz CT molecular complexity index is 803. The first-order chi connectivity index (χ1) is 14.0. The van der Waals surface area contributed by atoms with Crippen LogP contribution in [0, 0.1) is 5.92 Å². The molecular formula is C21H31N5O3. The summed E-state index contributed by atoms with van der Waals surface area (Å²) in [6.07, 6.45) is 0.833. The Kier molecular flexibility index (Phi) is 7.22. The fourth-order valence-corrected chi connectivity index (χ4v) is 3.64. The van der Waals surface area contributed by atoms with Gasteiger partial charge in [-0.15, -0.1) is 10.2 Å². The maximum atomic E-state index is 12.1. The molecule has 0 spiro atoms. The first kappa shape index (κ1) is 21.3. The number of methoxy groups -OCH3 is 2. The molecule has 1 aliphatic heterocycles. The maximum Gasteiger partial charge on any atom is 0.246 e. The molecule has 2 aromatic rings. The highest BCUT2D eigenvalue weighted by Gasteiger charge is 2.27. The molecule has 0 saturated carbocycles. The van der Waals surface area contributed by atoms with E-state index in [-0.39, 0.29) is 24.5 Å². The quantitative estimate of drug-likeness (QED) is 0.727. The molecule has 0 bridgehead atoms. The van der Waals surface area contributed by atoms with Crippen LogP contribution >= 0.6 is 0 Å². The van der Waals surface area contributed by atoms with Crippen LogP contribution in [0.2, 0.25) is 0 Å². The first-order valence-corrected chi connectivity index (χ1v) is 10.1. The minimum atomic E-state index is -0.188. The number of rotatable bonds is 8. The molecule has 3 rings (SSSR count). The molecule has 1 unspecified atom stereocenters. The van der Waals surface area contributed by atoms with E-state index in [4.69, 9.17) is 9.47 Å². The van der Waals surface area contributed by atoms with Crippen LogP contribution in [0.1, 0.15) is 37.1 Å². The van der Waals surface area contributed by atoms with Crippen molar-refractivity contribution in [2.24, 2.45) is 5.92 Å². The second-order valence-electron chi connectivity index (χ2n) is 7.72. The summed E-state index contributed by atoms with van der Waals surface area (Å²) in [6.45, 7) is 7.71. The van der Waals surface area contributed by atoms with Crippen LogP contribution in [0.4, 0.5) is 0 Å². The van der Waals surface area contributed by atoms with Gasteiger partial charge in [-0.1, -0.05) is 26.0 Å². The normalized spacial score (nSPS) is 15.6. The van der Waals surface area contributed by atoms with Crippen molar-refractivity contribution in [2.45, 2.75) is 39.4 Å². The molecule has 158 valence electrons.